The van der Waals surface area contributed by atoms with Crippen molar-refractivity contribution in [3.05, 3.63) is 161 Å². The van der Waals surface area contributed by atoms with Gasteiger partial charge in [-0.3, -0.25) is 10.2 Å². The average Bonchev–Trinajstić information content (AvgIpc) is 3.52. The summed E-state index contributed by atoms with van der Waals surface area (Å²) in [5, 5.41) is 9.79. The Bertz CT molecular complexity index is 1820. The molecule has 0 aromatic heterocycles. The maximum atomic E-state index is 14.5. The number of nitrogens with zero attached hydrogens (tertiary/aromatic N) is 1. The van der Waals surface area contributed by atoms with Crippen LogP contribution in [0.25, 0.3) is 11.1 Å². The van der Waals surface area contributed by atoms with E-state index in [0.717, 1.165) is 33.4 Å². The molecule has 2 atom stereocenters. The molecule has 6 rings (SSSR count). The van der Waals surface area contributed by atoms with Crippen LogP contribution in [0.3, 0.4) is 0 Å². The van der Waals surface area contributed by atoms with Crippen LogP contribution in [0.4, 0.5) is 0 Å². The van der Waals surface area contributed by atoms with E-state index in [1.165, 1.54) is 0 Å². The van der Waals surface area contributed by atoms with Crippen molar-refractivity contribution < 1.29 is 19.4 Å². The van der Waals surface area contributed by atoms with Gasteiger partial charge in [0.15, 0.2) is 11.6 Å². The first-order valence-corrected chi connectivity index (χ1v) is 16.5. The molecular weight excluding hydrogens is 622 g/mol. The summed E-state index contributed by atoms with van der Waals surface area (Å²) in [4.78, 5) is 19.6. The lowest BCUT2D eigenvalue weighted by Crippen LogP contribution is -2.54. The minimum Gasteiger partial charge on any atom is -0.494 e. The SMILES string of the molecule is O=C(NNCCc1ccccc1Cl)[C@@]1(Cc2ccccc2)N=C(c2ccc(OCCCO)cc2)O[C@H]1c1ccc(-c2ccccc2)cc1. The molecule has 0 saturated heterocycles. The van der Waals surface area contributed by atoms with Crippen molar-refractivity contribution >= 4 is 23.4 Å². The summed E-state index contributed by atoms with van der Waals surface area (Å²) in [7, 11) is 0. The first kappa shape index (κ1) is 33.0. The van der Waals surface area contributed by atoms with Gasteiger partial charge in [0, 0.05) is 36.6 Å². The molecule has 244 valence electrons. The Kier molecular flexibility index (Phi) is 10.8. The van der Waals surface area contributed by atoms with Gasteiger partial charge in [-0.1, -0.05) is 115 Å². The lowest BCUT2D eigenvalue weighted by molar-refractivity contribution is -0.130. The van der Waals surface area contributed by atoms with Crippen LogP contribution in [0.1, 0.15) is 34.8 Å². The molecule has 48 heavy (non-hydrogen) atoms. The second-order valence-corrected chi connectivity index (χ2v) is 12.1. The van der Waals surface area contributed by atoms with Crippen molar-refractivity contribution in [2.45, 2.75) is 30.9 Å². The number of amides is 1. The Hall–Kier alpha value is -4.95. The van der Waals surface area contributed by atoms with E-state index < -0.39 is 11.6 Å². The van der Waals surface area contributed by atoms with E-state index in [2.05, 4.69) is 35.1 Å². The maximum absolute atomic E-state index is 14.5. The summed E-state index contributed by atoms with van der Waals surface area (Å²) in [6.07, 6.45) is 0.769. The number of carbonyl (C=O) groups excluding carboxylic acids is 1. The Morgan fingerprint density at radius 1 is 0.812 bits per heavy atom. The number of ether oxygens (including phenoxy) is 2. The van der Waals surface area contributed by atoms with Crippen LogP contribution in [0.5, 0.6) is 5.75 Å². The van der Waals surface area contributed by atoms with Crippen LogP contribution in [0, 0.1) is 0 Å². The van der Waals surface area contributed by atoms with Crippen LogP contribution >= 0.6 is 11.6 Å². The number of halogens is 1. The third-order valence-electron chi connectivity index (χ3n) is 8.35. The number of rotatable bonds is 14. The Morgan fingerprint density at radius 3 is 2.17 bits per heavy atom. The monoisotopic (exact) mass is 659 g/mol. The zero-order chi connectivity index (χ0) is 33.2. The van der Waals surface area contributed by atoms with Crippen LogP contribution in [-0.4, -0.2) is 42.2 Å². The van der Waals surface area contributed by atoms with Crippen molar-refractivity contribution in [3.63, 3.8) is 0 Å². The topological polar surface area (TPSA) is 92.2 Å². The molecule has 8 heteroatoms. The van der Waals surface area contributed by atoms with Gasteiger partial charge < -0.3 is 14.6 Å². The molecule has 0 radical (unpaired) electrons. The van der Waals surface area contributed by atoms with Crippen molar-refractivity contribution in [2.75, 3.05) is 19.8 Å². The van der Waals surface area contributed by atoms with E-state index in [0.29, 0.717) is 49.1 Å². The molecule has 1 aliphatic rings. The van der Waals surface area contributed by atoms with Gasteiger partial charge in [-0.25, -0.2) is 10.4 Å². The summed E-state index contributed by atoms with van der Waals surface area (Å²) in [6, 6.07) is 43.3. The third-order valence-corrected chi connectivity index (χ3v) is 8.71. The van der Waals surface area contributed by atoms with Crippen molar-refractivity contribution in [1.29, 1.82) is 0 Å². The minimum atomic E-state index is -1.33. The third kappa shape index (κ3) is 7.77. The lowest BCUT2D eigenvalue weighted by Gasteiger charge is -2.31. The first-order chi connectivity index (χ1) is 23.6. The molecule has 1 amide bonds. The van der Waals surface area contributed by atoms with Crippen molar-refractivity contribution in [3.8, 4) is 16.9 Å². The van der Waals surface area contributed by atoms with E-state index in [4.69, 9.17) is 31.2 Å². The predicted molar refractivity (Wildman–Crippen MR) is 190 cm³/mol. The van der Waals surface area contributed by atoms with E-state index in [9.17, 15) is 4.79 Å². The molecule has 0 unspecified atom stereocenters. The molecule has 3 N–H and O–H groups in total. The normalized spacial score (nSPS) is 17.0. The molecule has 0 aliphatic carbocycles. The van der Waals surface area contributed by atoms with Crippen LogP contribution < -0.4 is 15.6 Å². The summed E-state index contributed by atoms with van der Waals surface area (Å²) >= 11 is 6.37. The van der Waals surface area contributed by atoms with E-state index >= 15 is 0 Å². The van der Waals surface area contributed by atoms with E-state index in [-0.39, 0.29) is 12.5 Å². The highest BCUT2D eigenvalue weighted by atomic mass is 35.5. The fraction of sp³-hybridized carbons (Fsp3) is 0.200. The number of nitrogens with one attached hydrogen (secondary N) is 2. The van der Waals surface area contributed by atoms with Crippen molar-refractivity contribution in [1.82, 2.24) is 10.9 Å². The molecule has 5 aromatic rings. The summed E-state index contributed by atoms with van der Waals surface area (Å²) in [5.41, 5.74) is 10.4. The maximum Gasteiger partial charge on any atom is 0.266 e. The second kappa shape index (κ2) is 15.8. The number of hydrogen-bond acceptors (Lipinski definition) is 6. The van der Waals surface area contributed by atoms with Crippen molar-refractivity contribution in [2.24, 2.45) is 4.99 Å². The van der Waals surface area contributed by atoms with Gasteiger partial charge in [0.1, 0.15) is 5.75 Å². The van der Waals surface area contributed by atoms with Gasteiger partial charge in [-0.2, -0.15) is 0 Å². The molecule has 0 bridgehead atoms. The van der Waals surface area contributed by atoms with Gasteiger partial charge in [0.25, 0.3) is 5.91 Å². The van der Waals surface area contributed by atoms with Crippen LogP contribution in [-0.2, 0) is 22.4 Å². The van der Waals surface area contributed by atoms with Gasteiger partial charge in [0.2, 0.25) is 5.90 Å². The fourth-order valence-corrected chi connectivity index (χ4v) is 6.05. The molecule has 1 heterocycles. The van der Waals surface area contributed by atoms with Gasteiger partial charge in [-0.05, 0) is 64.6 Å². The Labute approximate surface area is 286 Å². The number of hydrogen-bond donors (Lipinski definition) is 3. The second-order valence-electron chi connectivity index (χ2n) is 11.7. The zero-order valence-electron chi connectivity index (χ0n) is 26.5. The number of benzene rings is 5. The highest BCUT2D eigenvalue weighted by Gasteiger charge is 2.53. The smallest absolute Gasteiger partial charge is 0.266 e. The highest BCUT2D eigenvalue weighted by molar-refractivity contribution is 6.31. The number of aliphatic imine (C=N–C) groups is 1. The molecular formula is C40H38ClN3O4. The summed E-state index contributed by atoms with van der Waals surface area (Å²) < 4.78 is 12.4. The highest BCUT2D eigenvalue weighted by Crippen LogP contribution is 2.43. The van der Waals surface area contributed by atoms with Crippen LogP contribution in [0.15, 0.2) is 138 Å². The van der Waals surface area contributed by atoms with Gasteiger partial charge in [0.05, 0.1) is 6.61 Å². The largest absolute Gasteiger partial charge is 0.494 e. The van der Waals surface area contributed by atoms with Crippen LogP contribution in [0.2, 0.25) is 5.02 Å². The molecule has 0 saturated carbocycles. The fourth-order valence-electron chi connectivity index (χ4n) is 5.82. The predicted octanol–water partition coefficient (Wildman–Crippen LogP) is 7.13. The zero-order valence-corrected chi connectivity index (χ0v) is 27.3. The Morgan fingerprint density at radius 2 is 1.46 bits per heavy atom. The number of hydrazine groups is 1. The standard InChI is InChI=1S/C40H38ClN3O4/c41-36-15-8-7-14-32(36)24-25-42-44-39(46)40(28-29-10-3-1-4-11-29)37(33-18-16-31(17-19-33)30-12-5-2-6-13-30)48-38(43-40)34-20-22-35(23-21-34)47-27-9-26-45/h1-8,10-23,37,42,45H,9,24-28H2,(H,44,46)/t37-,40-/m0/s1. The van der Waals surface area contributed by atoms with Gasteiger partial charge in [-0.15, -0.1) is 0 Å². The first-order valence-electron chi connectivity index (χ1n) is 16.1. The minimum absolute atomic E-state index is 0.0663. The molecule has 1 aliphatic heterocycles. The summed E-state index contributed by atoms with van der Waals surface area (Å²) in [5.74, 6) is 0.743. The number of aliphatic hydroxyl groups is 1. The Balaban J connectivity index is 1.33. The molecule has 5 aromatic carbocycles. The average molecular weight is 660 g/mol. The summed E-state index contributed by atoms with van der Waals surface area (Å²) in [6.45, 7) is 0.956. The number of carbonyl (C=O) groups is 1. The van der Waals surface area contributed by atoms with E-state index in [1.54, 1.807) is 0 Å². The van der Waals surface area contributed by atoms with E-state index in [1.807, 2.05) is 109 Å². The molecule has 7 nitrogen and oxygen atoms in total. The van der Waals surface area contributed by atoms with Gasteiger partial charge >= 0.3 is 0 Å². The quantitative estimate of drug-likeness (QED) is 0.0872. The lowest BCUT2D eigenvalue weighted by atomic mass is 9.82. The molecule has 0 fully saturated rings. The number of aliphatic hydroxyl groups excluding tert-OH is 1. The molecule has 0 spiro atoms.